The molecule has 0 amide bonds. The molecule has 0 aliphatic rings. The van der Waals surface area contributed by atoms with Gasteiger partial charge in [0.15, 0.2) is 0 Å². The number of carboxylic acid groups (broad SMARTS) is 1. The molecule has 0 aliphatic heterocycles. The van der Waals surface area contributed by atoms with Gasteiger partial charge < -0.3 is 11.0 Å². The summed E-state index contributed by atoms with van der Waals surface area (Å²) in [6, 6.07) is 8.68. The van der Waals surface area contributed by atoms with Crippen LogP contribution < -0.4 is 35.0 Å². The molecule has 0 radical (unpaired) electrons. The molecule has 1 heterocycles. The second-order valence-corrected chi connectivity index (χ2v) is 5.18. The summed E-state index contributed by atoms with van der Waals surface area (Å²) in [7, 11) is 0. The number of aryl methyl sites for hydroxylation is 2. The summed E-state index contributed by atoms with van der Waals surface area (Å²) in [6.45, 7) is 3.84. The van der Waals surface area contributed by atoms with Gasteiger partial charge in [0.05, 0.1) is 17.2 Å². The van der Waals surface area contributed by atoms with E-state index in [1.807, 2.05) is 19.9 Å². The zero-order valence-corrected chi connectivity index (χ0v) is 14.8. The van der Waals surface area contributed by atoms with E-state index in [-0.39, 0.29) is 42.8 Å². The molecule has 0 bridgehead atoms. The minimum Gasteiger partial charge on any atom is -1.00 e. The Morgan fingerprint density at radius 3 is 2.50 bits per heavy atom. The molecular formula is C17H15NaO4. The van der Waals surface area contributed by atoms with Gasteiger partial charge in [-0.15, -0.1) is 0 Å². The number of rotatable bonds is 2. The first-order chi connectivity index (χ1) is 9.99. The Labute approximate surface area is 150 Å². The number of hydrogen-bond acceptors (Lipinski definition) is 3. The van der Waals surface area contributed by atoms with E-state index in [2.05, 4.69) is 0 Å². The van der Waals surface area contributed by atoms with Crippen molar-refractivity contribution >= 4 is 27.9 Å². The minimum absolute atomic E-state index is 0. The molecule has 1 aromatic heterocycles. The number of aliphatic carboxylic acids is 1. The van der Waals surface area contributed by atoms with Crippen molar-refractivity contribution in [1.29, 1.82) is 0 Å². The quantitative estimate of drug-likeness (QED) is 0.546. The van der Waals surface area contributed by atoms with Gasteiger partial charge in [0.1, 0.15) is 11.2 Å². The van der Waals surface area contributed by atoms with Crippen molar-refractivity contribution in [2.45, 2.75) is 20.3 Å². The van der Waals surface area contributed by atoms with Crippen molar-refractivity contribution in [1.82, 2.24) is 0 Å². The summed E-state index contributed by atoms with van der Waals surface area (Å²) in [6.07, 6.45) is -0.170. The average molecular weight is 306 g/mol. The van der Waals surface area contributed by atoms with Crippen LogP contribution in [0.5, 0.6) is 0 Å². The number of carbonyl (C=O) groups is 1. The smallest absolute Gasteiger partial charge is 1.00 e. The Balaban J connectivity index is 0.00000132. The van der Waals surface area contributed by atoms with E-state index in [0.717, 1.165) is 11.1 Å². The predicted octanol–water partition coefficient (Wildman–Crippen LogP) is 0.307. The summed E-state index contributed by atoms with van der Waals surface area (Å²) in [5.41, 5.74) is 3.22. The van der Waals surface area contributed by atoms with Crippen molar-refractivity contribution in [2.75, 3.05) is 0 Å². The topological polar surface area (TPSA) is 67.5 Å². The summed E-state index contributed by atoms with van der Waals surface area (Å²) in [4.78, 5) is 23.5. The van der Waals surface area contributed by atoms with Crippen LogP contribution in [0.25, 0.3) is 21.9 Å². The van der Waals surface area contributed by atoms with E-state index < -0.39 is 5.97 Å². The molecule has 0 atom stereocenters. The van der Waals surface area contributed by atoms with Crippen LogP contribution in [-0.2, 0) is 11.2 Å². The van der Waals surface area contributed by atoms with Crippen molar-refractivity contribution in [2.24, 2.45) is 0 Å². The summed E-state index contributed by atoms with van der Waals surface area (Å²) < 4.78 is 5.91. The summed E-state index contributed by atoms with van der Waals surface area (Å²) in [5, 5.41) is 9.93. The number of fused-ring (bicyclic) bond motifs is 2. The van der Waals surface area contributed by atoms with Gasteiger partial charge in [-0.25, -0.2) is 0 Å². The first kappa shape index (κ1) is 16.7. The van der Waals surface area contributed by atoms with Crippen molar-refractivity contribution in [3.63, 3.8) is 0 Å². The summed E-state index contributed by atoms with van der Waals surface area (Å²) >= 11 is 0. The van der Waals surface area contributed by atoms with E-state index in [1.54, 1.807) is 24.3 Å². The van der Waals surface area contributed by atoms with E-state index >= 15 is 0 Å². The molecular weight excluding hydrogens is 291 g/mol. The van der Waals surface area contributed by atoms with Crippen LogP contribution in [0.3, 0.4) is 0 Å². The molecule has 5 heteroatoms. The van der Waals surface area contributed by atoms with E-state index in [0.29, 0.717) is 27.5 Å². The SMILES string of the molecule is Cc1ccc2c(=O)c3cccc(CC(=O)O)c3oc2c1C.[H-].[Na+]. The fourth-order valence-electron chi connectivity index (χ4n) is 2.53. The van der Waals surface area contributed by atoms with Crippen LogP contribution in [0, 0.1) is 13.8 Å². The molecule has 0 fully saturated rings. The minimum atomic E-state index is -0.953. The number of benzene rings is 2. The van der Waals surface area contributed by atoms with Crippen LogP contribution in [0.2, 0.25) is 0 Å². The van der Waals surface area contributed by atoms with Crippen LogP contribution >= 0.6 is 0 Å². The largest absolute Gasteiger partial charge is 1.00 e. The van der Waals surface area contributed by atoms with Gasteiger partial charge in [-0.1, -0.05) is 18.2 Å². The van der Waals surface area contributed by atoms with Crippen molar-refractivity contribution in [3.8, 4) is 0 Å². The van der Waals surface area contributed by atoms with Gasteiger partial charge in [-0.3, -0.25) is 9.59 Å². The number of para-hydroxylation sites is 1. The standard InChI is InChI=1S/C17H14O4.Na.H/c1-9-6-7-13-15(20)12-5-3-4-11(8-14(18)19)17(12)21-16(13)10(9)2;;/h3-7H,8H2,1-2H3,(H,18,19);;/q;+1;-1. The van der Waals surface area contributed by atoms with Gasteiger partial charge >= 0.3 is 35.5 Å². The Kier molecular flexibility index (Phi) is 4.75. The zero-order valence-electron chi connectivity index (χ0n) is 13.8. The second-order valence-electron chi connectivity index (χ2n) is 5.18. The monoisotopic (exact) mass is 306 g/mol. The molecule has 1 N–H and O–H groups in total. The van der Waals surface area contributed by atoms with Gasteiger partial charge in [0.2, 0.25) is 5.43 Å². The third-order valence-corrected chi connectivity index (χ3v) is 3.81. The van der Waals surface area contributed by atoms with Crippen molar-refractivity contribution < 1.29 is 45.3 Å². The fraction of sp³-hybridized carbons (Fsp3) is 0.176. The molecule has 108 valence electrons. The Bertz CT molecular complexity index is 947. The molecule has 0 spiro atoms. The first-order valence-electron chi connectivity index (χ1n) is 6.65. The molecule has 3 aromatic rings. The Morgan fingerprint density at radius 1 is 1.14 bits per heavy atom. The zero-order chi connectivity index (χ0) is 15.1. The molecule has 0 saturated carbocycles. The molecule has 22 heavy (non-hydrogen) atoms. The van der Waals surface area contributed by atoms with Crippen LogP contribution in [-0.4, -0.2) is 11.1 Å². The Morgan fingerprint density at radius 2 is 1.82 bits per heavy atom. The van der Waals surface area contributed by atoms with Gasteiger partial charge in [0, 0.05) is 5.56 Å². The van der Waals surface area contributed by atoms with Crippen LogP contribution in [0.1, 0.15) is 18.1 Å². The Hall–Kier alpha value is -1.62. The van der Waals surface area contributed by atoms with E-state index in [4.69, 9.17) is 9.52 Å². The molecule has 0 saturated heterocycles. The molecule has 3 rings (SSSR count). The summed E-state index contributed by atoms with van der Waals surface area (Å²) in [5.74, 6) is -0.953. The predicted molar refractivity (Wildman–Crippen MR) is 81.9 cm³/mol. The van der Waals surface area contributed by atoms with Crippen molar-refractivity contribution in [3.05, 3.63) is 57.2 Å². The molecule has 4 nitrogen and oxygen atoms in total. The number of hydrogen-bond donors (Lipinski definition) is 1. The van der Waals surface area contributed by atoms with Gasteiger partial charge in [-0.05, 0) is 37.1 Å². The normalized spacial score (nSPS) is 10.6. The average Bonchev–Trinajstić information content (AvgIpc) is 2.44. The molecule has 2 aromatic carbocycles. The maximum absolute atomic E-state index is 12.6. The third kappa shape index (κ3) is 2.70. The van der Waals surface area contributed by atoms with Gasteiger partial charge in [0.25, 0.3) is 0 Å². The molecule has 0 aliphatic carbocycles. The number of carboxylic acids is 1. The third-order valence-electron chi connectivity index (χ3n) is 3.81. The fourth-order valence-corrected chi connectivity index (χ4v) is 2.53. The maximum atomic E-state index is 12.6. The maximum Gasteiger partial charge on any atom is 1.00 e. The molecule has 0 unspecified atom stereocenters. The van der Waals surface area contributed by atoms with Crippen LogP contribution in [0.4, 0.5) is 0 Å². The first-order valence-corrected chi connectivity index (χ1v) is 6.65. The van der Waals surface area contributed by atoms with E-state index in [9.17, 15) is 9.59 Å². The second kappa shape index (κ2) is 6.24. The van der Waals surface area contributed by atoms with E-state index in [1.165, 1.54) is 0 Å². The van der Waals surface area contributed by atoms with Crippen LogP contribution in [0.15, 0.2) is 39.5 Å². The van der Waals surface area contributed by atoms with Gasteiger partial charge in [-0.2, -0.15) is 0 Å².